The van der Waals surface area contributed by atoms with Gasteiger partial charge in [-0.3, -0.25) is 8.98 Å². The molecule has 1 saturated carbocycles. The van der Waals surface area contributed by atoms with Gasteiger partial charge in [0.1, 0.15) is 5.39 Å². The van der Waals surface area contributed by atoms with Crippen LogP contribution in [0.3, 0.4) is 0 Å². The monoisotopic (exact) mass is 424 g/mol. The van der Waals surface area contributed by atoms with E-state index in [9.17, 15) is 13.2 Å². The zero-order valence-electron chi connectivity index (χ0n) is 15.6. The largest absolute Gasteiger partial charge is 0.355 e. The SMILES string of the molecule is Cc1noc2c1c(=O)n(C1CCCC(COS(C)(=O)=O)C1)c1cccc(Cl)c21. The van der Waals surface area contributed by atoms with Crippen molar-refractivity contribution in [1.29, 1.82) is 0 Å². The summed E-state index contributed by atoms with van der Waals surface area (Å²) in [5.74, 6) is 0.0638. The Balaban J connectivity index is 1.83. The maximum atomic E-state index is 13.4. The van der Waals surface area contributed by atoms with Crippen molar-refractivity contribution in [1.82, 2.24) is 9.72 Å². The summed E-state index contributed by atoms with van der Waals surface area (Å²) in [6.45, 7) is 1.88. The van der Waals surface area contributed by atoms with Gasteiger partial charge in [0.25, 0.3) is 15.7 Å². The molecule has 0 spiro atoms. The number of pyridine rings is 1. The van der Waals surface area contributed by atoms with E-state index in [1.807, 2.05) is 12.1 Å². The summed E-state index contributed by atoms with van der Waals surface area (Å²) in [7, 11) is -3.49. The molecular formula is C19H21ClN2O5S. The van der Waals surface area contributed by atoms with Crippen molar-refractivity contribution in [2.24, 2.45) is 5.92 Å². The molecular weight excluding hydrogens is 404 g/mol. The summed E-state index contributed by atoms with van der Waals surface area (Å²) in [5.41, 5.74) is 1.49. The van der Waals surface area contributed by atoms with Gasteiger partial charge in [-0.1, -0.05) is 29.2 Å². The molecule has 1 aliphatic carbocycles. The zero-order chi connectivity index (χ0) is 20.1. The fraction of sp³-hybridized carbons (Fsp3) is 0.474. The third kappa shape index (κ3) is 3.44. The van der Waals surface area contributed by atoms with Gasteiger partial charge >= 0.3 is 0 Å². The van der Waals surface area contributed by atoms with Crippen LogP contribution in [-0.4, -0.2) is 31.0 Å². The molecule has 1 aromatic carbocycles. The van der Waals surface area contributed by atoms with Gasteiger partial charge in [-0.25, -0.2) is 0 Å². The van der Waals surface area contributed by atoms with Crippen LogP contribution in [0.5, 0.6) is 0 Å². The molecule has 150 valence electrons. The number of hydrogen-bond acceptors (Lipinski definition) is 6. The van der Waals surface area contributed by atoms with Crippen molar-refractivity contribution in [3.8, 4) is 0 Å². The lowest BCUT2D eigenvalue weighted by molar-refractivity contribution is 0.183. The van der Waals surface area contributed by atoms with Crippen LogP contribution in [0.15, 0.2) is 27.5 Å². The Bertz CT molecular complexity index is 1210. The first-order chi connectivity index (χ1) is 13.3. The summed E-state index contributed by atoms with van der Waals surface area (Å²) >= 11 is 6.45. The van der Waals surface area contributed by atoms with Gasteiger partial charge in [-0.2, -0.15) is 8.42 Å². The molecule has 0 amide bonds. The molecule has 0 bridgehead atoms. The molecule has 0 radical (unpaired) electrons. The van der Waals surface area contributed by atoms with Gasteiger partial charge in [0, 0.05) is 6.04 Å². The number of benzene rings is 1. The number of rotatable bonds is 4. The average Bonchev–Trinajstić information content (AvgIpc) is 3.02. The lowest BCUT2D eigenvalue weighted by atomic mass is 9.85. The lowest BCUT2D eigenvalue weighted by Gasteiger charge is -2.31. The number of fused-ring (bicyclic) bond motifs is 3. The fourth-order valence-corrected chi connectivity index (χ4v) is 4.89. The van der Waals surface area contributed by atoms with Crippen molar-refractivity contribution in [3.63, 3.8) is 0 Å². The number of halogens is 1. The minimum absolute atomic E-state index is 0.0638. The van der Waals surface area contributed by atoms with Crippen LogP contribution in [0.25, 0.3) is 21.9 Å². The van der Waals surface area contributed by atoms with Gasteiger partial charge in [0.05, 0.1) is 34.5 Å². The molecule has 0 saturated heterocycles. The van der Waals surface area contributed by atoms with E-state index < -0.39 is 10.1 Å². The topological polar surface area (TPSA) is 91.4 Å². The molecule has 0 aliphatic heterocycles. The maximum Gasteiger partial charge on any atom is 0.264 e. The van der Waals surface area contributed by atoms with Crippen LogP contribution in [0.2, 0.25) is 5.02 Å². The highest BCUT2D eigenvalue weighted by molar-refractivity contribution is 7.85. The maximum absolute atomic E-state index is 13.4. The van der Waals surface area contributed by atoms with E-state index in [2.05, 4.69) is 5.16 Å². The Hall–Kier alpha value is -1.90. The minimum Gasteiger partial charge on any atom is -0.355 e. The second-order valence-corrected chi connectivity index (χ2v) is 9.51. The normalized spacial score (nSPS) is 20.8. The Morgan fingerprint density at radius 1 is 1.32 bits per heavy atom. The first kappa shape index (κ1) is 19.4. The van der Waals surface area contributed by atoms with Crippen molar-refractivity contribution < 1.29 is 17.1 Å². The van der Waals surface area contributed by atoms with Gasteiger partial charge < -0.3 is 9.09 Å². The van der Waals surface area contributed by atoms with E-state index in [4.69, 9.17) is 20.3 Å². The molecule has 1 aliphatic rings. The van der Waals surface area contributed by atoms with Gasteiger partial charge in [0.15, 0.2) is 5.58 Å². The Morgan fingerprint density at radius 2 is 2.11 bits per heavy atom. The molecule has 2 unspecified atom stereocenters. The Labute approximate surface area is 167 Å². The van der Waals surface area contributed by atoms with Crippen molar-refractivity contribution in [2.75, 3.05) is 12.9 Å². The van der Waals surface area contributed by atoms with E-state index in [0.29, 0.717) is 39.0 Å². The molecule has 1 fully saturated rings. The summed E-state index contributed by atoms with van der Waals surface area (Å²) in [5, 5.41) is 5.59. The standard InChI is InChI=1S/C19H21ClN2O5S/c1-11-16-18(27-21-11)17-14(20)7-4-8-15(17)22(19(16)23)13-6-3-5-12(9-13)10-26-28(2,24)25/h4,7-8,12-13H,3,5-6,9-10H2,1-2H3. The first-order valence-electron chi connectivity index (χ1n) is 9.19. The van der Waals surface area contributed by atoms with E-state index in [-0.39, 0.29) is 24.1 Å². The van der Waals surface area contributed by atoms with Crippen LogP contribution >= 0.6 is 11.6 Å². The lowest BCUT2D eigenvalue weighted by Crippen LogP contribution is -2.30. The quantitative estimate of drug-likeness (QED) is 0.591. The third-order valence-corrected chi connectivity index (χ3v) is 6.29. The third-order valence-electron chi connectivity index (χ3n) is 5.41. The van der Waals surface area contributed by atoms with E-state index in [0.717, 1.165) is 25.5 Å². The molecule has 7 nitrogen and oxygen atoms in total. The van der Waals surface area contributed by atoms with Gasteiger partial charge in [-0.15, -0.1) is 0 Å². The highest BCUT2D eigenvalue weighted by atomic mass is 35.5. The first-order valence-corrected chi connectivity index (χ1v) is 11.4. The van der Waals surface area contributed by atoms with E-state index >= 15 is 0 Å². The number of aryl methyl sites for hydroxylation is 1. The van der Waals surface area contributed by atoms with Crippen LogP contribution in [0.1, 0.15) is 37.4 Å². The molecule has 4 rings (SSSR count). The van der Waals surface area contributed by atoms with Crippen molar-refractivity contribution >= 4 is 43.6 Å². The predicted octanol–water partition coefficient (Wildman–Crippen LogP) is 3.81. The van der Waals surface area contributed by atoms with Crippen molar-refractivity contribution in [2.45, 2.75) is 38.6 Å². The van der Waals surface area contributed by atoms with E-state index in [1.54, 1.807) is 17.6 Å². The van der Waals surface area contributed by atoms with Crippen LogP contribution in [0.4, 0.5) is 0 Å². The summed E-state index contributed by atoms with van der Waals surface area (Å²) in [4.78, 5) is 13.4. The molecule has 2 aromatic heterocycles. The fourth-order valence-electron chi connectivity index (χ4n) is 4.19. The van der Waals surface area contributed by atoms with Crippen LogP contribution in [0, 0.1) is 12.8 Å². The smallest absolute Gasteiger partial charge is 0.264 e. The summed E-state index contributed by atoms with van der Waals surface area (Å²) < 4.78 is 34.9. The van der Waals surface area contributed by atoms with Crippen LogP contribution in [-0.2, 0) is 14.3 Å². The summed E-state index contributed by atoms with van der Waals surface area (Å²) in [6.07, 6.45) is 4.29. The highest BCUT2D eigenvalue weighted by Crippen LogP contribution is 2.37. The Morgan fingerprint density at radius 3 is 2.86 bits per heavy atom. The number of aromatic nitrogens is 2. The number of hydrogen-bond donors (Lipinski definition) is 0. The molecule has 2 atom stereocenters. The zero-order valence-corrected chi connectivity index (χ0v) is 17.2. The van der Waals surface area contributed by atoms with Crippen LogP contribution < -0.4 is 5.56 Å². The number of nitrogens with zero attached hydrogens (tertiary/aromatic N) is 2. The van der Waals surface area contributed by atoms with Gasteiger partial charge in [-0.05, 0) is 44.2 Å². The van der Waals surface area contributed by atoms with E-state index in [1.165, 1.54) is 0 Å². The van der Waals surface area contributed by atoms with Gasteiger partial charge in [0.2, 0.25) is 0 Å². The second kappa shape index (κ2) is 7.17. The van der Waals surface area contributed by atoms with Crippen molar-refractivity contribution in [3.05, 3.63) is 39.3 Å². The second-order valence-electron chi connectivity index (χ2n) is 7.46. The highest BCUT2D eigenvalue weighted by Gasteiger charge is 2.28. The molecule has 0 N–H and O–H groups in total. The minimum atomic E-state index is -3.49. The predicted molar refractivity (Wildman–Crippen MR) is 107 cm³/mol. The average molecular weight is 425 g/mol. The molecule has 28 heavy (non-hydrogen) atoms. The summed E-state index contributed by atoms with van der Waals surface area (Å²) in [6, 6.07) is 5.35. The molecule has 3 aromatic rings. The molecule has 2 heterocycles. The Kier molecular flexibility index (Phi) is 4.97. The molecule has 9 heteroatoms.